The van der Waals surface area contributed by atoms with Gasteiger partial charge >= 0.3 is 0 Å². The van der Waals surface area contributed by atoms with Crippen LogP contribution in [0.5, 0.6) is 5.75 Å². The molecule has 0 unspecified atom stereocenters. The normalized spacial score (nSPS) is 20.8. The fourth-order valence-corrected chi connectivity index (χ4v) is 4.88. The smallest absolute Gasteiger partial charge is 0.244 e. The fourth-order valence-electron chi connectivity index (χ4n) is 4.88. The topological polar surface area (TPSA) is 45.2 Å². The van der Waals surface area contributed by atoms with Crippen molar-refractivity contribution in [1.29, 1.82) is 0 Å². The lowest BCUT2D eigenvalue weighted by Crippen LogP contribution is -2.52. The van der Waals surface area contributed by atoms with E-state index in [0.29, 0.717) is 26.3 Å². The summed E-state index contributed by atoms with van der Waals surface area (Å²) in [6.45, 7) is 8.10. The van der Waals surface area contributed by atoms with Crippen LogP contribution in [0.1, 0.15) is 22.7 Å². The molecule has 6 nitrogen and oxygen atoms in total. The van der Waals surface area contributed by atoms with Crippen molar-refractivity contribution in [2.45, 2.75) is 19.0 Å². The molecule has 0 aliphatic carbocycles. The number of nitrogens with zero attached hydrogens (tertiary/aromatic N) is 3. The van der Waals surface area contributed by atoms with Gasteiger partial charge in [0.15, 0.2) is 0 Å². The second kappa shape index (κ2) is 9.39. The highest BCUT2D eigenvalue weighted by Gasteiger charge is 2.34. The molecule has 6 heteroatoms. The van der Waals surface area contributed by atoms with Gasteiger partial charge in [0, 0.05) is 52.2 Å². The number of piperazine rings is 1. The third-order valence-electron chi connectivity index (χ3n) is 6.60. The molecule has 5 rings (SSSR count). The summed E-state index contributed by atoms with van der Waals surface area (Å²) in [5, 5.41) is 0. The lowest BCUT2D eigenvalue weighted by molar-refractivity contribution is -0.142. The fraction of sp³-hybridized carbons (Fsp3) is 0.480. The Kier molecular flexibility index (Phi) is 6.20. The molecule has 3 aliphatic heterocycles. The van der Waals surface area contributed by atoms with E-state index in [2.05, 4.69) is 40.1 Å². The summed E-state index contributed by atoms with van der Waals surface area (Å²) in [5.74, 6) is 1.25. The minimum atomic E-state index is -0.210. The number of carbonyl (C=O) groups is 1. The molecule has 31 heavy (non-hydrogen) atoms. The summed E-state index contributed by atoms with van der Waals surface area (Å²) in [4.78, 5) is 20.3. The first-order chi connectivity index (χ1) is 15.3. The Labute approximate surface area is 184 Å². The lowest BCUT2D eigenvalue weighted by Gasteiger charge is -2.41. The Hall–Kier alpha value is -2.41. The van der Waals surface area contributed by atoms with Crippen molar-refractivity contribution in [2.75, 3.05) is 59.1 Å². The SMILES string of the molecule is O=C([C@@H](c1ccccc1)N1CCN(Cc2ccc3c(c2)CCO3)CC1)N1CCOCC1. The number of fused-ring (bicyclic) bond motifs is 1. The summed E-state index contributed by atoms with van der Waals surface area (Å²) in [6, 6.07) is 16.6. The van der Waals surface area contributed by atoms with Gasteiger partial charge in [-0.2, -0.15) is 0 Å². The van der Waals surface area contributed by atoms with E-state index in [1.807, 2.05) is 23.1 Å². The number of benzene rings is 2. The first-order valence-electron chi connectivity index (χ1n) is 11.4. The number of carbonyl (C=O) groups excluding carboxylic acids is 1. The predicted molar refractivity (Wildman–Crippen MR) is 119 cm³/mol. The highest BCUT2D eigenvalue weighted by molar-refractivity contribution is 5.83. The Morgan fingerprint density at radius 2 is 1.68 bits per heavy atom. The van der Waals surface area contributed by atoms with Crippen LogP contribution in [0.25, 0.3) is 0 Å². The van der Waals surface area contributed by atoms with Crippen LogP contribution in [0.3, 0.4) is 0 Å². The molecule has 0 N–H and O–H groups in total. The molecule has 2 aromatic carbocycles. The van der Waals surface area contributed by atoms with Crippen LogP contribution in [-0.4, -0.2) is 79.7 Å². The van der Waals surface area contributed by atoms with E-state index in [1.54, 1.807) is 0 Å². The average molecular weight is 422 g/mol. The van der Waals surface area contributed by atoms with Gasteiger partial charge in [0.2, 0.25) is 5.91 Å². The maximum Gasteiger partial charge on any atom is 0.244 e. The summed E-state index contributed by atoms with van der Waals surface area (Å²) >= 11 is 0. The van der Waals surface area contributed by atoms with Crippen molar-refractivity contribution < 1.29 is 14.3 Å². The highest BCUT2D eigenvalue weighted by Crippen LogP contribution is 2.28. The van der Waals surface area contributed by atoms with Gasteiger partial charge in [0.25, 0.3) is 0 Å². The molecule has 0 bridgehead atoms. The van der Waals surface area contributed by atoms with Crippen LogP contribution < -0.4 is 4.74 Å². The number of hydrogen-bond acceptors (Lipinski definition) is 5. The first kappa shape index (κ1) is 20.5. The Balaban J connectivity index is 1.25. The summed E-state index contributed by atoms with van der Waals surface area (Å²) in [5.41, 5.74) is 3.77. The summed E-state index contributed by atoms with van der Waals surface area (Å²) < 4.78 is 11.1. The van der Waals surface area contributed by atoms with Crippen LogP contribution in [0.15, 0.2) is 48.5 Å². The Bertz CT molecular complexity index is 890. The van der Waals surface area contributed by atoms with E-state index in [9.17, 15) is 4.79 Å². The zero-order chi connectivity index (χ0) is 21.0. The summed E-state index contributed by atoms with van der Waals surface area (Å²) in [6.07, 6.45) is 1.01. The second-order valence-electron chi connectivity index (χ2n) is 8.60. The van der Waals surface area contributed by atoms with Crippen molar-refractivity contribution in [3.8, 4) is 5.75 Å². The summed E-state index contributed by atoms with van der Waals surface area (Å²) in [7, 11) is 0. The van der Waals surface area contributed by atoms with Crippen molar-refractivity contribution in [2.24, 2.45) is 0 Å². The van der Waals surface area contributed by atoms with E-state index in [1.165, 1.54) is 11.1 Å². The number of ether oxygens (including phenoxy) is 2. The zero-order valence-electron chi connectivity index (χ0n) is 18.0. The molecule has 1 atom stereocenters. The molecular weight excluding hydrogens is 390 g/mol. The van der Waals surface area contributed by atoms with E-state index < -0.39 is 0 Å². The van der Waals surface area contributed by atoms with Gasteiger partial charge in [0.05, 0.1) is 19.8 Å². The van der Waals surface area contributed by atoms with Crippen LogP contribution in [0.2, 0.25) is 0 Å². The largest absolute Gasteiger partial charge is 0.493 e. The van der Waals surface area contributed by atoms with Crippen LogP contribution in [-0.2, 0) is 22.5 Å². The van der Waals surface area contributed by atoms with Crippen LogP contribution >= 0.6 is 0 Å². The molecule has 0 radical (unpaired) electrons. The monoisotopic (exact) mass is 421 g/mol. The molecule has 0 spiro atoms. The predicted octanol–water partition coefficient (Wildman–Crippen LogP) is 2.34. The maximum absolute atomic E-state index is 13.5. The van der Waals surface area contributed by atoms with Gasteiger partial charge in [0.1, 0.15) is 11.8 Å². The van der Waals surface area contributed by atoms with E-state index >= 15 is 0 Å². The Morgan fingerprint density at radius 3 is 2.45 bits per heavy atom. The number of amides is 1. The van der Waals surface area contributed by atoms with Gasteiger partial charge in [-0.15, -0.1) is 0 Å². The van der Waals surface area contributed by atoms with Crippen molar-refractivity contribution in [3.63, 3.8) is 0 Å². The number of rotatable bonds is 5. The zero-order valence-corrected chi connectivity index (χ0v) is 18.0. The van der Waals surface area contributed by atoms with Crippen molar-refractivity contribution in [1.82, 2.24) is 14.7 Å². The minimum absolute atomic E-state index is 0.210. The van der Waals surface area contributed by atoms with Crippen molar-refractivity contribution >= 4 is 5.91 Å². The molecule has 2 aromatic rings. The van der Waals surface area contributed by atoms with Crippen molar-refractivity contribution in [3.05, 3.63) is 65.2 Å². The molecule has 1 amide bonds. The van der Waals surface area contributed by atoms with Gasteiger partial charge in [-0.1, -0.05) is 42.5 Å². The van der Waals surface area contributed by atoms with Gasteiger partial charge < -0.3 is 14.4 Å². The maximum atomic E-state index is 13.5. The van der Waals surface area contributed by atoms with Gasteiger partial charge in [-0.05, 0) is 22.8 Å². The molecule has 164 valence electrons. The Morgan fingerprint density at radius 1 is 0.903 bits per heavy atom. The number of morpholine rings is 1. The lowest BCUT2D eigenvalue weighted by atomic mass is 10.0. The van der Waals surface area contributed by atoms with Crippen LogP contribution in [0.4, 0.5) is 0 Å². The van der Waals surface area contributed by atoms with E-state index in [-0.39, 0.29) is 11.9 Å². The first-order valence-corrected chi connectivity index (χ1v) is 11.4. The van der Waals surface area contributed by atoms with Gasteiger partial charge in [-0.25, -0.2) is 0 Å². The molecule has 0 aromatic heterocycles. The molecule has 0 saturated carbocycles. The quantitative estimate of drug-likeness (QED) is 0.742. The van der Waals surface area contributed by atoms with Gasteiger partial charge in [-0.3, -0.25) is 14.6 Å². The highest BCUT2D eigenvalue weighted by atomic mass is 16.5. The molecule has 2 fully saturated rings. The van der Waals surface area contributed by atoms with E-state index in [4.69, 9.17) is 9.47 Å². The minimum Gasteiger partial charge on any atom is -0.493 e. The molecule has 3 aliphatic rings. The van der Waals surface area contributed by atoms with Crippen LogP contribution in [0, 0.1) is 0 Å². The standard InChI is InChI=1S/C25H31N3O3/c29-25(28-13-16-30-17-14-28)24(21-4-2-1-3-5-21)27-11-9-26(10-12-27)19-20-6-7-23-22(18-20)8-15-31-23/h1-7,18,24H,8-17,19H2/t24-/m1/s1. The third kappa shape index (κ3) is 4.61. The second-order valence-corrected chi connectivity index (χ2v) is 8.60. The average Bonchev–Trinajstić information content (AvgIpc) is 3.30. The van der Waals surface area contributed by atoms with E-state index in [0.717, 1.165) is 57.1 Å². The number of hydrogen-bond donors (Lipinski definition) is 0. The third-order valence-corrected chi connectivity index (χ3v) is 6.60. The molecule has 3 heterocycles. The molecule has 2 saturated heterocycles. The molecular formula is C25H31N3O3.